The highest BCUT2D eigenvalue weighted by Crippen LogP contribution is 2.12. The molecule has 0 atom stereocenters. The number of halogens is 1. The third kappa shape index (κ3) is 1.09. The lowest BCUT2D eigenvalue weighted by Crippen LogP contribution is -1.87. The van der Waals surface area contributed by atoms with Crippen LogP contribution in [0.4, 0.5) is 0 Å². The number of aromatic nitrogens is 4. The van der Waals surface area contributed by atoms with E-state index in [1.54, 1.807) is 11.0 Å². The molecule has 0 saturated carbocycles. The minimum absolute atomic E-state index is 0.871. The molecule has 0 N–H and O–H groups in total. The summed E-state index contributed by atoms with van der Waals surface area (Å²) in [6, 6.07) is 0. The molecule has 2 rings (SSSR count). The Labute approximate surface area is 76.8 Å². The minimum Gasteiger partial charge on any atom is -0.273 e. The summed E-state index contributed by atoms with van der Waals surface area (Å²) in [7, 11) is 1.87. The average molecular weight is 260 g/mol. The molecule has 2 aromatic heterocycles. The lowest BCUT2D eigenvalue weighted by molar-refractivity contribution is 0.778. The first-order chi connectivity index (χ1) is 5.27. The van der Waals surface area contributed by atoms with E-state index in [0.717, 1.165) is 14.7 Å². The summed E-state index contributed by atoms with van der Waals surface area (Å²) in [4.78, 5) is 8.08. The van der Waals surface area contributed by atoms with Crippen LogP contribution in [0.25, 0.3) is 11.0 Å². The maximum atomic E-state index is 4.20. The van der Waals surface area contributed by atoms with E-state index in [1.165, 1.54) is 0 Å². The quantitative estimate of drug-likeness (QED) is 0.523. The second kappa shape index (κ2) is 2.40. The van der Waals surface area contributed by atoms with Crippen molar-refractivity contribution in [3.63, 3.8) is 0 Å². The summed E-state index contributed by atoms with van der Waals surface area (Å²) >= 11 is 2.14. The Hall–Kier alpha value is -0.720. The van der Waals surface area contributed by atoms with Crippen molar-refractivity contribution in [1.82, 2.24) is 19.7 Å². The molecule has 2 aromatic rings. The molecular weight excluding hydrogens is 255 g/mol. The first-order valence-corrected chi connectivity index (χ1v) is 4.15. The molecule has 0 unspecified atom stereocenters. The van der Waals surface area contributed by atoms with Crippen LogP contribution in [0, 0.1) is 3.70 Å². The van der Waals surface area contributed by atoms with Crippen LogP contribution in [0.3, 0.4) is 0 Å². The average Bonchev–Trinajstić information content (AvgIpc) is 2.31. The Morgan fingerprint density at radius 1 is 1.45 bits per heavy atom. The van der Waals surface area contributed by atoms with Crippen LogP contribution in [0.1, 0.15) is 0 Å². The largest absolute Gasteiger partial charge is 0.273 e. The molecule has 0 aliphatic carbocycles. The zero-order chi connectivity index (χ0) is 7.84. The highest BCUT2D eigenvalue weighted by atomic mass is 127. The standard InChI is InChI=1S/C6H5IN4/c1-11-2-4-5(10-11)6(7)9-3-8-4/h2-3H,1H3. The molecule has 0 amide bonds. The fraction of sp³-hybridized carbons (Fsp3) is 0.167. The van der Waals surface area contributed by atoms with Crippen molar-refractivity contribution in [2.75, 3.05) is 0 Å². The summed E-state index contributed by atoms with van der Waals surface area (Å²) in [6.07, 6.45) is 3.42. The number of aryl methyl sites for hydroxylation is 1. The van der Waals surface area contributed by atoms with Crippen LogP contribution in [0.2, 0.25) is 0 Å². The maximum absolute atomic E-state index is 4.20. The molecule has 0 bridgehead atoms. The Balaban J connectivity index is 2.90. The Morgan fingerprint density at radius 3 is 3.00 bits per heavy atom. The van der Waals surface area contributed by atoms with Crippen molar-refractivity contribution in [3.8, 4) is 0 Å². The van der Waals surface area contributed by atoms with Gasteiger partial charge in [-0.1, -0.05) is 0 Å². The van der Waals surface area contributed by atoms with Crippen LogP contribution in [-0.4, -0.2) is 19.7 Å². The Bertz CT molecular complexity index is 394. The van der Waals surface area contributed by atoms with Gasteiger partial charge in [0.2, 0.25) is 0 Å². The van der Waals surface area contributed by atoms with Gasteiger partial charge in [0.25, 0.3) is 0 Å². The molecule has 0 saturated heterocycles. The predicted octanol–water partition coefficient (Wildman–Crippen LogP) is 0.968. The number of rotatable bonds is 0. The van der Waals surface area contributed by atoms with E-state index in [9.17, 15) is 0 Å². The van der Waals surface area contributed by atoms with Crippen molar-refractivity contribution in [3.05, 3.63) is 16.2 Å². The molecule has 5 heteroatoms. The third-order valence-corrected chi connectivity index (χ3v) is 2.16. The molecule has 0 fully saturated rings. The van der Waals surface area contributed by atoms with Crippen molar-refractivity contribution in [2.45, 2.75) is 0 Å². The molecule has 2 heterocycles. The fourth-order valence-electron chi connectivity index (χ4n) is 0.920. The van der Waals surface area contributed by atoms with E-state index in [4.69, 9.17) is 0 Å². The van der Waals surface area contributed by atoms with Crippen molar-refractivity contribution in [2.24, 2.45) is 7.05 Å². The molecule has 0 radical (unpaired) electrons. The maximum Gasteiger partial charge on any atom is 0.143 e. The van der Waals surface area contributed by atoms with Crippen molar-refractivity contribution < 1.29 is 0 Å². The number of fused-ring (bicyclic) bond motifs is 1. The van der Waals surface area contributed by atoms with Crippen LogP contribution in [0.5, 0.6) is 0 Å². The minimum atomic E-state index is 0.871. The molecule has 4 nitrogen and oxygen atoms in total. The molecule has 0 aliphatic rings. The van der Waals surface area contributed by atoms with Gasteiger partial charge in [0, 0.05) is 7.05 Å². The van der Waals surface area contributed by atoms with Gasteiger partial charge in [-0.2, -0.15) is 5.10 Å². The molecule has 11 heavy (non-hydrogen) atoms. The van der Waals surface area contributed by atoms with Crippen LogP contribution >= 0.6 is 22.6 Å². The lowest BCUT2D eigenvalue weighted by atomic mass is 10.5. The second-order valence-corrected chi connectivity index (χ2v) is 3.22. The summed E-state index contributed by atoms with van der Waals surface area (Å²) in [5.74, 6) is 0. The van der Waals surface area contributed by atoms with Gasteiger partial charge >= 0.3 is 0 Å². The van der Waals surface area contributed by atoms with E-state index >= 15 is 0 Å². The first-order valence-electron chi connectivity index (χ1n) is 3.07. The second-order valence-electron chi connectivity index (χ2n) is 2.20. The molecule has 0 aliphatic heterocycles. The molecule has 0 spiro atoms. The molecular formula is C6H5IN4. The van der Waals surface area contributed by atoms with E-state index in [-0.39, 0.29) is 0 Å². The predicted molar refractivity (Wildman–Crippen MR) is 49.0 cm³/mol. The Kier molecular flexibility index (Phi) is 1.52. The number of hydrogen-bond acceptors (Lipinski definition) is 3. The lowest BCUT2D eigenvalue weighted by Gasteiger charge is -1.86. The zero-order valence-electron chi connectivity index (χ0n) is 5.82. The summed E-state index contributed by atoms with van der Waals surface area (Å²) in [5.41, 5.74) is 1.77. The third-order valence-electron chi connectivity index (χ3n) is 1.37. The smallest absolute Gasteiger partial charge is 0.143 e. The summed E-state index contributed by atoms with van der Waals surface area (Å²) in [5, 5.41) is 4.20. The van der Waals surface area contributed by atoms with E-state index in [0.29, 0.717) is 0 Å². The van der Waals surface area contributed by atoms with Crippen LogP contribution < -0.4 is 0 Å². The van der Waals surface area contributed by atoms with E-state index < -0.39 is 0 Å². The van der Waals surface area contributed by atoms with E-state index in [1.807, 2.05) is 13.2 Å². The molecule has 56 valence electrons. The normalized spacial score (nSPS) is 10.7. The van der Waals surface area contributed by atoms with Gasteiger partial charge in [-0.3, -0.25) is 4.68 Å². The van der Waals surface area contributed by atoms with Crippen LogP contribution in [-0.2, 0) is 7.05 Å². The van der Waals surface area contributed by atoms with Crippen molar-refractivity contribution >= 4 is 33.6 Å². The number of nitrogens with zero attached hydrogens (tertiary/aromatic N) is 4. The topological polar surface area (TPSA) is 43.6 Å². The fourth-order valence-corrected chi connectivity index (χ4v) is 1.43. The zero-order valence-corrected chi connectivity index (χ0v) is 7.98. The monoisotopic (exact) mass is 260 g/mol. The van der Waals surface area contributed by atoms with Gasteiger partial charge in [0.05, 0.1) is 6.20 Å². The van der Waals surface area contributed by atoms with Gasteiger partial charge < -0.3 is 0 Å². The summed E-state index contributed by atoms with van der Waals surface area (Å²) in [6.45, 7) is 0. The van der Waals surface area contributed by atoms with Gasteiger partial charge in [-0.05, 0) is 22.6 Å². The molecule has 0 aromatic carbocycles. The van der Waals surface area contributed by atoms with Gasteiger partial charge in [0.15, 0.2) is 0 Å². The number of hydrogen-bond donors (Lipinski definition) is 0. The highest BCUT2D eigenvalue weighted by Gasteiger charge is 2.02. The first kappa shape index (κ1) is 6.96. The van der Waals surface area contributed by atoms with Gasteiger partial charge in [-0.25, -0.2) is 9.97 Å². The van der Waals surface area contributed by atoms with Crippen molar-refractivity contribution in [1.29, 1.82) is 0 Å². The van der Waals surface area contributed by atoms with Gasteiger partial charge in [0.1, 0.15) is 21.1 Å². The summed E-state index contributed by atoms with van der Waals surface area (Å²) < 4.78 is 2.63. The van der Waals surface area contributed by atoms with Gasteiger partial charge in [-0.15, -0.1) is 0 Å². The van der Waals surface area contributed by atoms with Crippen LogP contribution in [0.15, 0.2) is 12.5 Å². The SMILES string of the molecule is Cn1cc2ncnc(I)c2n1. The highest BCUT2D eigenvalue weighted by molar-refractivity contribution is 14.1. The Morgan fingerprint density at radius 2 is 2.27 bits per heavy atom. The van der Waals surface area contributed by atoms with E-state index in [2.05, 4.69) is 37.7 Å².